The van der Waals surface area contributed by atoms with Gasteiger partial charge in [-0.25, -0.2) is 4.98 Å². The molecule has 0 aliphatic carbocycles. The van der Waals surface area contributed by atoms with Gasteiger partial charge in [0.1, 0.15) is 11.5 Å². The molecule has 1 heterocycles. The molecule has 2 rings (SSSR count). The number of carbonyl (C=O) groups is 2. The lowest BCUT2D eigenvalue weighted by atomic mass is 10.2. The molecule has 1 aromatic heterocycles. The molecule has 0 spiro atoms. The van der Waals surface area contributed by atoms with Gasteiger partial charge in [-0.2, -0.15) is 0 Å². The molecule has 7 nitrogen and oxygen atoms in total. The maximum atomic E-state index is 12.3. The van der Waals surface area contributed by atoms with Crippen molar-refractivity contribution >= 4 is 11.9 Å². The van der Waals surface area contributed by atoms with Crippen LogP contribution in [0.1, 0.15) is 20.3 Å². The van der Waals surface area contributed by atoms with Crippen LogP contribution in [0, 0.1) is 5.92 Å². The Balaban J connectivity index is 1.88. The second kappa shape index (κ2) is 10.2. The largest absolute Gasteiger partial charge is 0.484 e. The number of ether oxygens (including phenoxy) is 2. The van der Waals surface area contributed by atoms with Crippen LogP contribution in [0.25, 0.3) is 0 Å². The number of hydrogen-bond donors (Lipinski definition) is 1. The zero-order valence-electron chi connectivity index (χ0n) is 15.5. The summed E-state index contributed by atoms with van der Waals surface area (Å²) in [5, 5.41) is 8.83. The standard InChI is InChI=1S/C20H24N2O5/c1-15(2)13-22(12-10-20(24)25)19(23)14-26-16-6-8-17(9-7-16)27-18-5-3-4-11-21-18/h3-9,11,15H,10,12-14H2,1-2H3,(H,24,25). The Hall–Kier alpha value is -3.09. The van der Waals surface area contributed by atoms with E-state index in [0.717, 1.165) is 0 Å². The fourth-order valence-electron chi connectivity index (χ4n) is 2.36. The molecule has 1 amide bonds. The smallest absolute Gasteiger partial charge is 0.305 e. The van der Waals surface area contributed by atoms with Gasteiger partial charge >= 0.3 is 5.97 Å². The number of rotatable bonds is 10. The molecule has 0 unspecified atom stereocenters. The summed E-state index contributed by atoms with van der Waals surface area (Å²) in [6, 6.07) is 12.3. The van der Waals surface area contributed by atoms with E-state index in [1.165, 1.54) is 4.90 Å². The number of carboxylic acid groups (broad SMARTS) is 1. The van der Waals surface area contributed by atoms with Gasteiger partial charge in [-0.05, 0) is 36.2 Å². The van der Waals surface area contributed by atoms with Crippen molar-refractivity contribution in [3.05, 3.63) is 48.7 Å². The Bertz CT molecular complexity index is 732. The van der Waals surface area contributed by atoms with Crippen LogP contribution in [0.3, 0.4) is 0 Å². The van der Waals surface area contributed by atoms with Crippen molar-refractivity contribution in [1.29, 1.82) is 0 Å². The monoisotopic (exact) mass is 372 g/mol. The summed E-state index contributed by atoms with van der Waals surface area (Å²) >= 11 is 0. The minimum atomic E-state index is -0.930. The molecular formula is C20H24N2O5. The topological polar surface area (TPSA) is 89.0 Å². The highest BCUT2D eigenvalue weighted by Crippen LogP contribution is 2.22. The van der Waals surface area contributed by atoms with E-state index in [4.69, 9.17) is 14.6 Å². The Morgan fingerprint density at radius 3 is 2.41 bits per heavy atom. The molecular weight excluding hydrogens is 348 g/mol. The first-order chi connectivity index (χ1) is 12.9. The van der Waals surface area contributed by atoms with Gasteiger partial charge in [0.2, 0.25) is 5.88 Å². The lowest BCUT2D eigenvalue weighted by Gasteiger charge is -2.24. The summed E-state index contributed by atoms with van der Waals surface area (Å²) in [6.45, 7) is 4.47. The molecule has 144 valence electrons. The van der Waals surface area contributed by atoms with E-state index in [-0.39, 0.29) is 31.4 Å². The highest BCUT2D eigenvalue weighted by Gasteiger charge is 2.16. The van der Waals surface area contributed by atoms with Crippen molar-refractivity contribution < 1.29 is 24.2 Å². The van der Waals surface area contributed by atoms with Crippen LogP contribution in [0.5, 0.6) is 17.4 Å². The number of carboxylic acids is 1. The Labute approximate surface area is 158 Å². The minimum Gasteiger partial charge on any atom is -0.484 e. The molecule has 27 heavy (non-hydrogen) atoms. The molecule has 1 N–H and O–H groups in total. The van der Waals surface area contributed by atoms with Crippen LogP contribution < -0.4 is 9.47 Å². The molecule has 0 aliphatic rings. The number of nitrogens with zero attached hydrogens (tertiary/aromatic N) is 2. The third-order valence-electron chi connectivity index (χ3n) is 3.58. The van der Waals surface area contributed by atoms with Crippen molar-refractivity contribution in [2.75, 3.05) is 19.7 Å². The second-order valence-corrected chi connectivity index (χ2v) is 6.41. The third kappa shape index (κ3) is 7.35. The van der Waals surface area contributed by atoms with Crippen LogP contribution >= 0.6 is 0 Å². The van der Waals surface area contributed by atoms with E-state index < -0.39 is 5.97 Å². The van der Waals surface area contributed by atoms with Crippen molar-refractivity contribution in [3.63, 3.8) is 0 Å². The van der Waals surface area contributed by atoms with Gasteiger partial charge < -0.3 is 19.5 Å². The number of pyridine rings is 1. The molecule has 0 radical (unpaired) electrons. The van der Waals surface area contributed by atoms with Crippen LogP contribution in [-0.2, 0) is 9.59 Å². The highest BCUT2D eigenvalue weighted by atomic mass is 16.5. The van der Waals surface area contributed by atoms with Crippen molar-refractivity contribution in [1.82, 2.24) is 9.88 Å². The summed E-state index contributed by atoms with van der Waals surface area (Å²) < 4.78 is 11.1. The van der Waals surface area contributed by atoms with Gasteiger partial charge in [0.25, 0.3) is 5.91 Å². The number of aliphatic carboxylic acids is 1. The van der Waals surface area contributed by atoms with Gasteiger partial charge in [0, 0.05) is 25.4 Å². The number of amides is 1. The zero-order chi connectivity index (χ0) is 19.6. The van der Waals surface area contributed by atoms with Crippen LogP contribution in [0.2, 0.25) is 0 Å². The predicted octanol–water partition coefficient (Wildman–Crippen LogP) is 3.21. The lowest BCUT2D eigenvalue weighted by molar-refractivity contribution is -0.139. The van der Waals surface area contributed by atoms with Gasteiger partial charge in [0.05, 0.1) is 6.42 Å². The van der Waals surface area contributed by atoms with E-state index in [1.54, 1.807) is 42.6 Å². The molecule has 0 bridgehead atoms. The summed E-state index contributed by atoms with van der Waals surface area (Å²) in [7, 11) is 0. The highest BCUT2D eigenvalue weighted by molar-refractivity contribution is 5.78. The van der Waals surface area contributed by atoms with Gasteiger partial charge in [0.15, 0.2) is 6.61 Å². The molecule has 1 aromatic carbocycles. The summed E-state index contributed by atoms with van der Waals surface area (Å²) in [5.41, 5.74) is 0. The van der Waals surface area contributed by atoms with Crippen LogP contribution in [-0.4, -0.2) is 46.6 Å². The fraction of sp³-hybridized carbons (Fsp3) is 0.350. The van der Waals surface area contributed by atoms with Crippen molar-refractivity contribution in [2.45, 2.75) is 20.3 Å². The number of hydrogen-bond acceptors (Lipinski definition) is 5. The van der Waals surface area contributed by atoms with E-state index in [2.05, 4.69) is 4.98 Å². The van der Waals surface area contributed by atoms with E-state index in [9.17, 15) is 9.59 Å². The van der Waals surface area contributed by atoms with Gasteiger partial charge in [-0.3, -0.25) is 9.59 Å². The molecule has 2 aromatic rings. The normalized spacial score (nSPS) is 10.5. The van der Waals surface area contributed by atoms with Crippen molar-refractivity contribution in [3.8, 4) is 17.4 Å². The van der Waals surface area contributed by atoms with Gasteiger partial charge in [-0.15, -0.1) is 0 Å². The molecule has 7 heteroatoms. The van der Waals surface area contributed by atoms with E-state index in [0.29, 0.717) is 23.9 Å². The SMILES string of the molecule is CC(C)CN(CCC(=O)O)C(=O)COc1ccc(Oc2ccccn2)cc1. The Morgan fingerprint density at radius 1 is 1.11 bits per heavy atom. The first kappa shape index (κ1) is 20.2. The lowest BCUT2D eigenvalue weighted by Crippen LogP contribution is -2.38. The first-order valence-corrected chi connectivity index (χ1v) is 8.75. The van der Waals surface area contributed by atoms with E-state index >= 15 is 0 Å². The first-order valence-electron chi connectivity index (χ1n) is 8.75. The molecule has 0 atom stereocenters. The van der Waals surface area contributed by atoms with Gasteiger partial charge in [-0.1, -0.05) is 19.9 Å². The number of benzene rings is 1. The van der Waals surface area contributed by atoms with Crippen molar-refractivity contribution in [2.24, 2.45) is 5.92 Å². The van der Waals surface area contributed by atoms with E-state index in [1.807, 2.05) is 19.9 Å². The average molecular weight is 372 g/mol. The third-order valence-corrected chi connectivity index (χ3v) is 3.58. The Kier molecular flexibility index (Phi) is 7.61. The molecule has 0 saturated heterocycles. The average Bonchev–Trinajstić information content (AvgIpc) is 2.64. The summed E-state index contributed by atoms with van der Waals surface area (Å²) in [5.74, 6) is 0.698. The molecule has 0 aliphatic heterocycles. The van der Waals surface area contributed by atoms with Crippen LogP contribution in [0.15, 0.2) is 48.7 Å². The fourth-order valence-corrected chi connectivity index (χ4v) is 2.36. The second-order valence-electron chi connectivity index (χ2n) is 6.41. The minimum absolute atomic E-state index is 0.0853. The number of carbonyl (C=O) groups excluding carboxylic acids is 1. The molecule has 0 fully saturated rings. The zero-order valence-corrected chi connectivity index (χ0v) is 15.5. The van der Waals surface area contributed by atoms with Crippen LogP contribution in [0.4, 0.5) is 0 Å². The predicted molar refractivity (Wildman–Crippen MR) is 99.9 cm³/mol. The maximum Gasteiger partial charge on any atom is 0.305 e. The summed E-state index contributed by atoms with van der Waals surface area (Å²) in [4.78, 5) is 28.7. The Morgan fingerprint density at radius 2 is 1.81 bits per heavy atom. The number of aromatic nitrogens is 1. The summed E-state index contributed by atoms with van der Waals surface area (Å²) in [6.07, 6.45) is 1.56. The maximum absolute atomic E-state index is 12.3. The quantitative estimate of drug-likeness (QED) is 0.689. The molecule has 0 saturated carbocycles.